The molecule has 0 saturated heterocycles. The first-order valence-corrected chi connectivity index (χ1v) is 8.40. The summed E-state index contributed by atoms with van der Waals surface area (Å²) in [7, 11) is 0. The molecule has 0 unspecified atom stereocenters. The molecular weight excluding hydrogens is 350 g/mol. The number of imidazole rings is 1. The number of nitrogens with zero attached hydrogens (tertiary/aromatic N) is 4. The molecule has 0 spiro atoms. The van der Waals surface area contributed by atoms with Gasteiger partial charge in [0, 0.05) is 17.1 Å². The van der Waals surface area contributed by atoms with Gasteiger partial charge in [0.05, 0.1) is 16.6 Å². The maximum absolute atomic E-state index is 13.5. The Bertz CT molecular complexity index is 1130. The summed E-state index contributed by atoms with van der Waals surface area (Å²) >= 11 is 0. The zero-order valence-electron chi connectivity index (χ0n) is 14.5. The van der Waals surface area contributed by atoms with Gasteiger partial charge in [0.25, 0.3) is 0 Å². The van der Waals surface area contributed by atoms with Gasteiger partial charge >= 0.3 is 6.55 Å². The average Bonchev–Trinajstić information content (AvgIpc) is 3.08. The summed E-state index contributed by atoms with van der Waals surface area (Å²) in [5.74, 6) is 0.0854. The van der Waals surface area contributed by atoms with E-state index in [2.05, 4.69) is 15.1 Å². The third-order valence-corrected chi connectivity index (χ3v) is 4.25. The van der Waals surface area contributed by atoms with Crippen LogP contribution in [0.15, 0.2) is 65.9 Å². The molecule has 0 aliphatic carbocycles. The molecule has 0 saturated carbocycles. The van der Waals surface area contributed by atoms with Gasteiger partial charge in [-0.1, -0.05) is 41.6 Å². The molecule has 136 valence electrons. The number of benzene rings is 2. The maximum atomic E-state index is 13.5. The Labute approximate surface area is 153 Å². The number of aromatic nitrogens is 3. The van der Waals surface area contributed by atoms with E-state index in [1.165, 1.54) is 0 Å². The van der Waals surface area contributed by atoms with Gasteiger partial charge in [-0.2, -0.15) is 8.78 Å². The Balaban J connectivity index is 1.61. The van der Waals surface area contributed by atoms with Crippen LogP contribution in [-0.4, -0.2) is 20.2 Å². The molecule has 0 fully saturated rings. The van der Waals surface area contributed by atoms with Crippen molar-refractivity contribution in [1.82, 2.24) is 14.5 Å². The lowest BCUT2D eigenvalue weighted by Gasteiger charge is -2.08. The van der Waals surface area contributed by atoms with E-state index in [9.17, 15) is 8.78 Å². The zero-order chi connectivity index (χ0) is 18.8. The second kappa shape index (κ2) is 7.11. The van der Waals surface area contributed by atoms with Crippen molar-refractivity contribution in [2.75, 3.05) is 0 Å². The molecule has 0 aliphatic heterocycles. The van der Waals surface area contributed by atoms with E-state index in [1.807, 2.05) is 30.3 Å². The van der Waals surface area contributed by atoms with Gasteiger partial charge in [0.15, 0.2) is 5.82 Å². The quantitative estimate of drug-likeness (QED) is 0.372. The Morgan fingerprint density at radius 2 is 1.93 bits per heavy atom. The molecule has 27 heavy (non-hydrogen) atoms. The van der Waals surface area contributed by atoms with E-state index >= 15 is 0 Å². The van der Waals surface area contributed by atoms with Gasteiger partial charge in [0.2, 0.25) is 0 Å². The van der Waals surface area contributed by atoms with E-state index in [0.29, 0.717) is 11.0 Å². The highest BCUT2D eigenvalue weighted by atomic mass is 19.3. The molecule has 0 radical (unpaired) electrons. The number of fused-ring (bicyclic) bond motifs is 2. The van der Waals surface area contributed by atoms with Crippen LogP contribution in [0.25, 0.3) is 21.9 Å². The molecular formula is C20H16F2N4O. The van der Waals surface area contributed by atoms with Crippen molar-refractivity contribution in [1.29, 1.82) is 0 Å². The second-order valence-electron chi connectivity index (χ2n) is 6.01. The number of para-hydroxylation sites is 3. The van der Waals surface area contributed by atoms with Gasteiger partial charge < -0.3 is 4.84 Å². The molecule has 0 atom stereocenters. The first kappa shape index (κ1) is 17.1. The molecule has 0 N–H and O–H groups in total. The van der Waals surface area contributed by atoms with Crippen LogP contribution in [0.1, 0.15) is 24.9 Å². The van der Waals surface area contributed by atoms with Crippen LogP contribution in [-0.2, 0) is 11.4 Å². The lowest BCUT2D eigenvalue weighted by atomic mass is 10.1. The van der Waals surface area contributed by atoms with Crippen LogP contribution in [0.5, 0.6) is 0 Å². The molecule has 2 aromatic carbocycles. The number of halogens is 2. The predicted octanol–water partition coefficient (Wildman–Crippen LogP) is 4.92. The monoisotopic (exact) mass is 366 g/mol. The van der Waals surface area contributed by atoms with Gasteiger partial charge in [-0.25, -0.2) is 4.98 Å². The molecule has 2 heterocycles. The molecule has 2 aromatic heterocycles. The van der Waals surface area contributed by atoms with E-state index in [-0.39, 0.29) is 18.1 Å². The first-order valence-electron chi connectivity index (χ1n) is 8.40. The van der Waals surface area contributed by atoms with Crippen LogP contribution >= 0.6 is 0 Å². The summed E-state index contributed by atoms with van der Waals surface area (Å²) in [5.41, 5.74) is 2.82. The van der Waals surface area contributed by atoms with E-state index in [4.69, 9.17) is 4.84 Å². The van der Waals surface area contributed by atoms with Crippen LogP contribution < -0.4 is 0 Å². The van der Waals surface area contributed by atoms with Gasteiger partial charge in [0.1, 0.15) is 12.3 Å². The van der Waals surface area contributed by atoms with Crippen LogP contribution in [0.3, 0.4) is 0 Å². The average molecular weight is 366 g/mol. The van der Waals surface area contributed by atoms with Crippen molar-refractivity contribution >= 4 is 27.6 Å². The number of hydrogen-bond acceptors (Lipinski definition) is 4. The van der Waals surface area contributed by atoms with Crippen molar-refractivity contribution in [3.63, 3.8) is 0 Å². The largest absolute Gasteiger partial charge is 0.391 e. The highest BCUT2D eigenvalue weighted by molar-refractivity contribution is 5.98. The van der Waals surface area contributed by atoms with Gasteiger partial charge in [-0.15, -0.1) is 0 Å². The van der Waals surface area contributed by atoms with Crippen molar-refractivity contribution in [2.45, 2.75) is 20.1 Å². The van der Waals surface area contributed by atoms with E-state index in [0.717, 1.165) is 21.0 Å². The molecule has 5 nitrogen and oxygen atoms in total. The number of oxime groups is 1. The lowest BCUT2D eigenvalue weighted by molar-refractivity contribution is 0.0736. The molecule has 4 rings (SSSR count). The number of alkyl halides is 2. The van der Waals surface area contributed by atoms with Crippen molar-refractivity contribution in [3.8, 4) is 0 Å². The molecule has 0 bridgehead atoms. The third-order valence-electron chi connectivity index (χ3n) is 4.25. The van der Waals surface area contributed by atoms with Gasteiger partial charge in [-0.3, -0.25) is 9.55 Å². The SMILES string of the molecule is C/C(=N/OCc1cccc2cccnc12)c1nc2ccccc2n1C(F)F. The number of hydrogen-bond donors (Lipinski definition) is 0. The Morgan fingerprint density at radius 1 is 1.11 bits per heavy atom. The normalized spacial score (nSPS) is 12.2. The minimum atomic E-state index is -2.72. The fourth-order valence-corrected chi connectivity index (χ4v) is 3.02. The third kappa shape index (κ3) is 3.23. The Hall–Kier alpha value is -3.35. The van der Waals surface area contributed by atoms with E-state index in [1.54, 1.807) is 37.4 Å². The van der Waals surface area contributed by atoms with Gasteiger partial charge in [-0.05, 0) is 25.1 Å². The smallest absolute Gasteiger partial charge is 0.320 e. The van der Waals surface area contributed by atoms with Crippen LogP contribution in [0.4, 0.5) is 8.78 Å². The summed E-state index contributed by atoms with van der Waals surface area (Å²) in [6, 6.07) is 16.3. The van der Waals surface area contributed by atoms with Crippen molar-refractivity contribution < 1.29 is 13.6 Å². The first-order chi connectivity index (χ1) is 13.1. The summed E-state index contributed by atoms with van der Waals surface area (Å²) in [4.78, 5) is 14.1. The van der Waals surface area contributed by atoms with Crippen molar-refractivity contribution in [3.05, 3.63) is 72.2 Å². The lowest BCUT2D eigenvalue weighted by Crippen LogP contribution is -2.10. The highest BCUT2D eigenvalue weighted by Crippen LogP contribution is 2.23. The topological polar surface area (TPSA) is 52.3 Å². The molecule has 0 amide bonds. The molecule has 7 heteroatoms. The zero-order valence-corrected chi connectivity index (χ0v) is 14.5. The minimum Gasteiger partial charge on any atom is -0.391 e. The predicted molar refractivity (Wildman–Crippen MR) is 99.7 cm³/mol. The summed E-state index contributed by atoms with van der Waals surface area (Å²) in [5, 5.41) is 5.01. The molecule has 4 aromatic rings. The molecule has 0 aliphatic rings. The fraction of sp³-hybridized carbons (Fsp3) is 0.150. The van der Waals surface area contributed by atoms with Crippen LogP contribution in [0, 0.1) is 0 Å². The number of rotatable bonds is 5. The summed E-state index contributed by atoms with van der Waals surface area (Å²) < 4.78 is 27.9. The van der Waals surface area contributed by atoms with E-state index < -0.39 is 6.55 Å². The number of pyridine rings is 1. The highest BCUT2D eigenvalue weighted by Gasteiger charge is 2.19. The van der Waals surface area contributed by atoms with Crippen LogP contribution in [0.2, 0.25) is 0 Å². The summed E-state index contributed by atoms with van der Waals surface area (Å²) in [6.45, 7) is -0.943. The van der Waals surface area contributed by atoms with Crippen molar-refractivity contribution in [2.24, 2.45) is 5.16 Å². The Kier molecular flexibility index (Phi) is 4.50. The fourth-order valence-electron chi connectivity index (χ4n) is 3.02. The second-order valence-corrected chi connectivity index (χ2v) is 6.01. The standard InChI is InChI=1S/C20H16F2N4O/c1-13(19-24-16-9-2-3-10-17(16)26(19)20(21)22)25-27-12-15-7-4-6-14-8-5-11-23-18(14)15/h2-11,20H,12H2,1H3/b25-13-. The summed E-state index contributed by atoms with van der Waals surface area (Å²) in [6.07, 6.45) is 1.71. The Morgan fingerprint density at radius 3 is 2.78 bits per heavy atom. The minimum absolute atomic E-state index is 0.0854. The maximum Gasteiger partial charge on any atom is 0.320 e.